The van der Waals surface area contributed by atoms with E-state index in [-0.39, 0.29) is 17.2 Å². The summed E-state index contributed by atoms with van der Waals surface area (Å²) in [5.41, 5.74) is 3.46. The van der Waals surface area contributed by atoms with Crippen molar-refractivity contribution in [3.8, 4) is 5.88 Å². The molecular weight excluding hydrogens is 414 g/mol. The molecule has 1 aliphatic heterocycles. The summed E-state index contributed by atoms with van der Waals surface area (Å²) >= 11 is 0. The second-order valence-electron chi connectivity index (χ2n) is 11.4. The highest BCUT2D eigenvalue weighted by Crippen LogP contribution is 2.65. The average molecular weight is 452 g/mol. The van der Waals surface area contributed by atoms with Gasteiger partial charge in [0, 0.05) is 36.1 Å². The van der Waals surface area contributed by atoms with Gasteiger partial charge in [-0.1, -0.05) is 25.8 Å². The number of carbonyl (C=O) groups excluding carboxylic acids is 2. The molecule has 0 bridgehead atoms. The van der Waals surface area contributed by atoms with Crippen molar-refractivity contribution in [2.45, 2.75) is 65.7 Å². The van der Waals surface area contributed by atoms with Crippen molar-refractivity contribution >= 4 is 17.5 Å². The van der Waals surface area contributed by atoms with Crippen LogP contribution >= 0.6 is 0 Å². The SMILES string of the molecule is COc1cc(NC(=O)C2C[C@@]3(C)C(=C(C)C[C@@H]4[C@H]3CC[C@]3(C)CCC[C@@H]43)N(C)C2=O)ccn1. The number of fused-ring (bicyclic) bond motifs is 5. The van der Waals surface area contributed by atoms with E-state index in [1.54, 1.807) is 25.4 Å². The normalized spacial score (nSPS) is 37.8. The first-order valence-electron chi connectivity index (χ1n) is 12.5. The number of anilines is 1. The van der Waals surface area contributed by atoms with E-state index < -0.39 is 5.92 Å². The standard InChI is InChI=1S/C27H37N3O3/c1-16-13-18-20-7-6-10-26(20,2)11-8-21(18)27(3)15-19(25(32)30(4)23(16)27)24(31)29-17-9-12-28-22(14-17)33-5/h9,12,14,18-21H,6-8,10-11,13,15H2,1-5H3,(H,28,29,31)/t18-,19?,20-,21+,26-,27+/m0/s1. The maximum atomic E-state index is 13.4. The number of aromatic nitrogens is 1. The minimum Gasteiger partial charge on any atom is -0.481 e. The van der Waals surface area contributed by atoms with Gasteiger partial charge in [-0.15, -0.1) is 0 Å². The van der Waals surface area contributed by atoms with Crippen LogP contribution in [0.4, 0.5) is 5.69 Å². The van der Waals surface area contributed by atoms with Crippen LogP contribution in [-0.4, -0.2) is 35.9 Å². The van der Waals surface area contributed by atoms with Gasteiger partial charge in [0.05, 0.1) is 7.11 Å². The summed E-state index contributed by atoms with van der Waals surface area (Å²) in [6, 6.07) is 3.41. The van der Waals surface area contributed by atoms with Gasteiger partial charge < -0.3 is 15.0 Å². The number of ether oxygens (including phenoxy) is 1. The Balaban J connectivity index is 1.46. The summed E-state index contributed by atoms with van der Waals surface area (Å²) in [6.07, 6.45) is 9.78. The molecule has 3 aliphatic carbocycles. The molecule has 6 heteroatoms. The number of piperidine rings is 1. The van der Waals surface area contributed by atoms with Gasteiger partial charge in [0.15, 0.2) is 0 Å². The highest BCUT2D eigenvalue weighted by Gasteiger charge is 2.60. The first-order chi connectivity index (χ1) is 15.7. The fourth-order valence-corrected chi connectivity index (χ4v) is 8.28. The van der Waals surface area contributed by atoms with Gasteiger partial charge in [-0.2, -0.15) is 0 Å². The monoisotopic (exact) mass is 451 g/mol. The van der Waals surface area contributed by atoms with Crippen LogP contribution in [0.15, 0.2) is 29.6 Å². The molecule has 2 amide bonds. The van der Waals surface area contributed by atoms with Crippen LogP contribution in [-0.2, 0) is 9.59 Å². The molecule has 4 aliphatic rings. The Kier molecular flexibility index (Phi) is 5.33. The number of rotatable bonds is 3. The van der Waals surface area contributed by atoms with E-state index in [2.05, 4.69) is 31.1 Å². The third-order valence-corrected chi connectivity index (χ3v) is 9.64. The molecule has 0 spiro atoms. The molecule has 3 fully saturated rings. The van der Waals surface area contributed by atoms with Crippen LogP contribution in [0, 0.1) is 34.5 Å². The number of methoxy groups -OCH3 is 1. The highest BCUT2D eigenvalue weighted by molar-refractivity contribution is 6.07. The summed E-state index contributed by atoms with van der Waals surface area (Å²) in [5, 5.41) is 2.95. The molecule has 6 atom stereocenters. The maximum absolute atomic E-state index is 13.4. The number of nitrogens with zero attached hydrogens (tertiary/aromatic N) is 2. The van der Waals surface area contributed by atoms with Crippen LogP contribution < -0.4 is 10.1 Å². The first-order valence-corrected chi connectivity index (χ1v) is 12.5. The van der Waals surface area contributed by atoms with Crippen molar-refractivity contribution in [3.05, 3.63) is 29.6 Å². The van der Waals surface area contributed by atoms with Crippen molar-refractivity contribution < 1.29 is 14.3 Å². The third kappa shape index (κ3) is 3.39. The Morgan fingerprint density at radius 1 is 1.24 bits per heavy atom. The van der Waals surface area contributed by atoms with Gasteiger partial charge in [-0.05, 0) is 74.7 Å². The van der Waals surface area contributed by atoms with E-state index in [1.807, 2.05) is 11.9 Å². The third-order valence-electron chi connectivity index (χ3n) is 9.64. The predicted molar refractivity (Wildman–Crippen MR) is 127 cm³/mol. The molecule has 1 unspecified atom stereocenters. The van der Waals surface area contributed by atoms with Crippen molar-refractivity contribution in [2.75, 3.05) is 19.5 Å². The first kappa shape index (κ1) is 22.4. The molecule has 0 aromatic carbocycles. The van der Waals surface area contributed by atoms with Gasteiger partial charge in [0.2, 0.25) is 17.7 Å². The smallest absolute Gasteiger partial charge is 0.239 e. The van der Waals surface area contributed by atoms with E-state index >= 15 is 0 Å². The Morgan fingerprint density at radius 3 is 2.79 bits per heavy atom. The minimum absolute atomic E-state index is 0.0969. The second-order valence-corrected chi connectivity index (χ2v) is 11.4. The van der Waals surface area contributed by atoms with Crippen LogP contribution in [0.5, 0.6) is 5.88 Å². The largest absolute Gasteiger partial charge is 0.481 e. The predicted octanol–water partition coefficient (Wildman–Crippen LogP) is 5.02. The molecule has 5 rings (SSSR count). The number of pyridine rings is 1. The lowest BCUT2D eigenvalue weighted by molar-refractivity contribution is -0.147. The van der Waals surface area contributed by atoms with Gasteiger partial charge in [-0.25, -0.2) is 4.98 Å². The van der Waals surface area contributed by atoms with E-state index in [4.69, 9.17) is 4.74 Å². The number of hydrogen-bond acceptors (Lipinski definition) is 4. The number of allylic oxidation sites excluding steroid dienone is 2. The highest BCUT2D eigenvalue weighted by atomic mass is 16.5. The van der Waals surface area contributed by atoms with Gasteiger partial charge in [0.1, 0.15) is 5.92 Å². The van der Waals surface area contributed by atoms with Crippen molar-refractivity contribution in [1.82, 2.24) is 9.88 Å². The van der Waals surface area contributed by atoms with E-state index in [1.165, 1.54) is 43.4 Å². The molecule has 1 aromatic heterocycles. The number of amides is 2. The summed E-state index contributed by atoms with van der Waals surface area (Å²) in [7, 11) is 3.42. The van der Waals surface area contributed by atoms with Crippen molar-refractivity contribution in [2.24, 2.45) is 34.5 Å². The molecule has 1 N–H and O–H groups in total. The summed E-state index contributed by atoms with van der Waals surface area (Å²) in [5.74, 6) is 1.37. The van der Waals surface area contributed by atoms with Gasteiger partial charge >= 0.3 is 0 Å². The van der Waals surface area contributed by atoms with E-state index in [0.717, 1.165) is 12.3 Å². The van der Waals surface area contributed by atoms with Crippen LogP contribution in [0.1, 0.15) is 65.7 Å². The molecule has 33 heavy (non-hydrogen) atoms. The lowest BCUT2D eigenvalue weighted by Gasteiger charge is -2.59. The number of likely N-dealkylation sites (tertiary alicyclic amines) is 1. The van der Waals surface area contributed by atoms with Gasteiger partial charge in [0.25, 0.3) is 0 Å². The summed E-state index contributed by atoms with van der Waals surface area (Å²) in [4.78, 5) is 32.7. The molecule has 6 nitrogen and oxygen atoms in total. The second kappa shape index (κ2) is 7.85. The average Bonchev–Trinajstić information content (AvgIpc) is 3.18. The number of nitrogens with one attached hydrogen (secondary N) is 1. The molecule has 178 valence electrons. The minimum atomic E-state index is -0.689. The maximum Gasteiger partial charge on any atom is 0.239 e. The van der Waals surface area contributed by atoms with Crippen LogP contribution in [0.25, 0.3) is 0 Å². The van der Waals surface area contributed by atoms with Crippen LogP contribution in [0.2, 0.25) is 0 Å². The molecule has 1 saturated heterocycles. The zero-order valence-corrected chi connectivity index (χ0v) is 20.6. The molecular formula is C27H37N3O3. The topological polar surface area (TPSA) is 71.5 Å². The summed E-state index contributed by atoms with van der Waals surface area (Å²) in [6.45, 7) is 7.06. The molecule has 2 saturated carbocycles. The zero-order valence-electron chi connectivity index (χ0n) is 20.6. The lowest BCUT2D eigenvalue weighted by Crippen LogP contribution is -2.57. The number of carbonyl (C=O) groups is 2. The fraction of sp³-hybridized carbons (Fsp3) is 0.667. The van der Waals surface area contributed by atoms with Crippen LogP contribution in [0.3, 0.4) is 0 Å². The zero-order chi connectivity index (χ0) is 23.5. The quantitative estimate of drug-likeness (QED) is 0.655. The van der Waals surface area contributed by atoms with Gasteiger partial charge in [-0.3, -0.25) is 9.59 Å². The van der Waals surface area contributed by atoms with Crippen molar-refractivity contribution in [1.29, 1.82) is 0 Å². The molecule has 2 heterocycles. The summed E-state index contributed by atoms with van der Waals surface area (Å²) < 4.78 is 5.18. The van der Waals surface area contributed by atoms with E-state index in [9.17, 15) is 9.59 Å². The number of hydrogen-bond donors (Lipinski definition) is 1. The Bertz CT molecular complexity index is 1020. The Morgan fingerprint density at radius 2 is 2.03 bits per heavy atom. The van der Waals surface area contributed by atoms with E-state index in [0.29, 0.717) is 35.2 Å². The Hall–Kier alpha value is -2.37. The molecule has 1 aromatic rings. The lowest BCUT2D eigenvalue weighted by atomic mass is 9.48. The van der Waals surface area contributed by atoms with Crippen molar-refractivity contribution in [3.63, 3.8) is 0 Å². The Labute approximate surface area is 197 Å². The fourth-order valence-electron chi connectivity index (χ4n) is 8.28. The molecule has 0 radical (unpaired) electrons.